The maximum atomic E-state index is 5.73. The Balaban J connectivity index is 2.67. The van der Waals surface area contributed by atoms with Crippen LogP contribution in [0.25, 0.3) is 0 Å². The van der Waals surface area contributed by atoms with Crippen molar-refractivity contribution in [2.75, 3.05) is 18.1 Å². The highest BCUT2D eigenvalue weighted by Crippen LogP contribution is 2.18. The van der Waals surface area contributed by atoms with Crippen molar-refractivity contribution in [2.45, 2.75) is 25.5 Å². The first-order chi connectivity index (χ1) is 8.04. The van der Waals surface area contributed by atoms with Crippen LogP contribution in [0.3, 0.4) is 0 Å². The Kier molecular flexibility index (Phi) is 5.78. The highest BCUT2D eigenvalue weighted by molar-refractivity contribution is 7.99. The van der Waals surface area contributed by atoms with Gasteiger partial charge in [0.15, 0.2) is 0 Å². The van der Waals surface area contributed by atoms with Crippen LogP contribution in [0, 0.1) is 6.92 Å². The lowest BCUT2D eigenvalue weighted by molar-refractivity contribution is 0.853. The maximum absolute atomic E-state index is 5.73. The van der Waals surface area contributed by atoms with Crippen LogP contribution < -0.4 is 11.1 Å². The van der Waals surface area contributed by atoms with Gasteiger partial charge in [0.05, 0.1) is 0 Å². The van der Waals surface area contributed by atoms with E-state index in [0.717, 1.165) is 24.2 Å². The Morgan fingerprint density at radius 3 is 2.82 bits per heavy atom. The number of anilines is 1. The molecule has 2 nitrogen and oxygen atoms in total. The van der Waals surface area contributed by atoms with Crippen molar-refractivity contribution >= 4 is 34.7 Å². The molecule has 3 N–H and O–H groups in total. The first-order valence-corrected chi connectivity index (χ1v) is 7.41. The third-order valence-corrected chi connectivity index (χ3v) is 3.97. The molecule has 4 heteroatoms. The lowest BCUT2D eigenvalue weighted by atomic mass is 10.1. The van der Waals surface area contributed by atoms with E-state index < -0.39 is 0 Å². The minimum absolute atomic E-state index is 0.453. The molecule has 0 aliphatic carbocycles. The van der Waals surface area contributed by atoms with Crippen LogP contribution in [0.1, 0.15) is 24.5 Å². The van der Waals surface area contributed by atoms with Gasteiger partial charge in [0, 0.05) is 23.0 Å². The van der Waals surface area contributed by atoms with Crippen molar-refractivity contribution in [3.8, 4) is 0 Å². The van der Waals surface area contributed by atoms with E-state index in [0.29, 0.717) is 10.2 Å². The van der Waals surface area contributed by atoms with Crippen LogP contribution in [-0.4, -0.2) is 23.0 Å². The normalized spacial score (nSPS) is 12.2. The smallest absolute Gasteiger partial charge is 0.106 e. The highest BCUT2D eigenvalue weighted by Gasteiger charge is 2.05. The summed E-state index contributed by atoms with van der Waals surface area (Å²) in [6.45, 7) is 5.22. The molecule has 1 rings (SSSR count). The molecule has 0 saturated heterocycles. The number of thiocarbonyl (C=S) groups is 1. The predicted octanol–water partition coefficient (Wildman–Crippen LogP) is 3.18. The largest absolute Gasteiger partial charge is 0.389 e. The highest BCUT2D eigenvalue weighted by atomic mass is 32.2. The summed E-state index contributed by atoms with van der Waals surface area (Å²) in [5, 5.41) is 4.07. The van der Waals surface area contributed by atoms with Crippen molar-refractivity contribution in [1.82, 2.24) is 0 Å². The van der Waals surface area contributed by atoms with Gasteiger partial charge in [-0.05, 0) is 31.7 Å². The molecule has 17 heavy (non-hydrogen) atoms. The van der Waals surface area contributed by atoms with E-state index >= 15 is 0 Å². The van der Waals surface area contributed by atoms with E-state index in [1.54, 1.807) is 0 Å². The second kappa shape index (κ2) is 6.87. The summed E-state index contributed by atoms with van der Waals surface area (Å²) in [6, 6.07) is 6.15. The zero-order valence-corrected chi connectivity index (χ0v) is 12.3. The summed E-state index contributed by atoms with van der Waals surface area (Å²) in [5.41, 5.74) is 8.88. The van der Waals surface area contributed by atoms with Crippen molar-refractivity contribution in [3.63, 3.8) is 0 Å². The molecule has 1 unspecified atom stereocenters. The molecule has 0 amide bonds. The van der Waals surface area contributed by atoms with Gasteiger partial charge >= 0.3 is 0 Å². The van der Waals surface area contributed by atoms with Crippen LogP contribution >= 0.6 is 24.0 Å². The number of hydrogen-bond donors (Lipinski definition) is 2. The van der Waals surface area contributed by atoms with Gasteiger partial charge in [-0.1, -0.05) is 30.8 Å². The molecule has 0 aliphatic heterocycles. The molecule has 1 aromatic carbocycles. The molecular formula is C13H20N2S2. The molecular weight excluding hydrogens is 248 g/mol. The lowest BCUT2D eigenvalue weighted by Crippen LogP contribution is -2.15. The number of hydrogen-bond acceptors (Lipinski definition) is 3. The van der Waals surface area contributed by atoms with Crippen LogP contribution in [0.2, 0.25) is 0 Å². The summed E-state index contributed by atoms with van der Waals surface area (Å²) >= 11 is 6.95. The van der Waals surface area contributed by atoms with E-state index in [9.17, 15) is 0 Å². The minimum atomic E-state index is 0.453. The van der Waals surface area contributed by atoms with Crippen molar-refractivity contribution in [3.05, 3.63) is 29.3 Å². The Morgan fingerprint density at radius 1 is 1.53 bits per heavy atom. The van der Waals surface area contributed by atoms with Gasteiger partial charge in [-0.15, -0.1) is 0 Å². The fourth-order valence-electron chi connectivity index (χ4n) is 1.54. The van der Waals surface area contributed by atoms with Gasteiger partial charge in [-0.2, -0.15) is 11.8 Å². The summed E-state index contributed by atoms with van der Waals surface area (Å²) in [6.07, 6.45) is 3.27. The molecule has 0 radical (unpaired) electrons. The number of nitrogens with two attached hydrogens (primary N) is 1. The molecule has 0 heterocycles. The molecule has 0 aromatic heterocycles. The summed E-state index contributed by atoms with van der Waals surface area (Å²) in [5.74, 6) is 0. The topological polar surface area (TPSA) is 38.0 Å². The fourth-order valence-corrected chi connectivity index (χ4v) is 2.07. The average Bonchev–Trinajstić information content (AvgIpc) is 2.30. The summed E-state index contributed by atoms with van der Waals surface area (Å²) < 4.78 is 0. The maximum Gasteiger partial charge on any atom is 0.106 e. The number of thioether (sulfide) groups is 1. The van der Waals surface area contributed by atoms with Crippen molar-refractivity contribution < 1.29 is 0 Å². The minimum Gasteiger partial charge on any atom is -0.389 e. The molecule has 0 spiro atoms. The van der Waals surface area contributed by atoms with Crippen molar-refractivity contribution in [1.29, 1.82) is 0 Å². The lowest BCUT2D eigenvalue weighted by Gasteiger charge is -2.13. The van der Waals surface area contributed by atoms with E-state index in [-0.39, 0.29) is 0 Å². The van der Waals surface area contributed by atoms with Crippen molar-refractivity contribution in [2.24, 2.45) is 5.73 Å². The second-order valence-electron chi connectivity index (χ2n) is 4.18. The molecule has 94 valence electrons. The molecule has 0 aliphatic rings. The van der Waals surface area contributed by atoms with Gasteiger partial charge in [-0.3, -0.25) is 0 Å². The zero-order valence-electron chi connectivity index (χ0n) is 10.6. The Bertz CT molecular complexity index is 391. The van der Waals surface area contributed by atoms with Crippen LogP contribution in [0.4, 0.5) is 5.69 Å². The zero-order chi connectivity index (χ0) is 12.8. The first-order valence-electron chi connectivity index (χ1n) is 5.71. The Hall–Kier alpha value is -0.740. The molecule has 0 bridgehead atoms. The Morgan fingerprint density at radius 2 is 2.24 bits per heavy atom. The standard InChI is InChI=1S/C13H20N2S2/c1-9-4-5-12(11(8-9)13(14)16)15-7-6-10(2)17-3/h4-5,8,10,15H,6-7H2,1-3H3,(H2,14,16). The molecule has 0 saturated carbocycles. The average molecular weight is 268 g/mol. The number of nitrogens with one attached hydrogen (secondary N) is 1. The van der Waals surface area contributed by atoms with E-state index in [1.807, 2.05) is 30.8 Å². The first kappa shape index (κ1) is 14.3. The number of aryl methyl sites for hydroxylation is 1. The predicted molar refractivity (Wildman–Crippen MR) is 83.2 cm³/mol. The summed E-state index contributed by atoms with van der Waals surface area (Å²) in [4.78, 5) is 0.453. The molecule has 1 aromatic rings. The second-order valence-corrected chi connectivity index (χ2v) is 5.89. The third kappa shape index (κ3) is 4.56. The third-order valence-electron chi connectivity index (χ3n) is 2.71. The monoisotopic (exact) mass is 268 g/mol. The summed E-state index contributed by atoms with van der Waals surface area (Å²) in [7, 11) is 0. The van der Waals surface area contributed by atoms with Gasteiger partial charge in [0.25, 0.3) is 0 Å². The number of benzene rings is 1. The number of rotatable bonds is 6. The van der Waals surface area contributed by atoms with E-state index in [4.69, 9.17) is 18.0 Å². The van der Waals surface area contributed by atoms with Gasteiger partial charge in [0.1, 0.15) is 4.99 Å². The van der Waals surface area contributed by atoms with Gasteiger partial charge < -0.3 is 11.1 Å². The van der Waals surface area contributed by atoms with E-state index in [1.165, 1.54) is 5.56 Å². The Labute approximate surface area is 113 Å². The van der Waals surface area contributed by atoms with Crippen LogP contribution in [0.5, 0.6) is 0 Å². The SMILES string of the molecule is CSC(C)CCNc1ccc(C)cc1C(N)=S. The van der Waals surface area contributed by atoms with Crippen LogP contribution in [0.15, 0.2) is 18.2 Å². The quantitative estimate of drug-likeness (QED) is 0.777. The molecule has 0 fully saturated rings. The molecule has 1 atom stereocenters. The fraction of sp³-hybridized carbons (Fsp3) is 0.462. The van der Waals surface area contributed by atoms with Gasteiger partial charge in [-0.25, -0.2) is 0 Å². The van der Waals surface area contributed by atoms with E-state index in [2.05, 4.69) is 24.6 Å². The van der Waals surface area contributed by atoms with Crippen LogP contribution in [-0.2, 0) is 0 Å². The van der Waals surface area contributed by atoms with Gasteiger partial charge in [0.2, 0.25) is 0 Å².